The van der Waals surface area contributed by atoms with Gasteiger partial charge in [-0.15, -0.1) is 0 Å². The monoisotopic (exact) mass is 287 g/mol. The SMILES string of the molecule is COC(=O)c1cccc(NS(=O)(=O)C(C)C(=O)O)c1. The first-order valence-corrected chi connectivity index (χ1v) is 6.75. The van der Waals surface area contributed by atoms with E-state index in [1.807, 2.05) is 0 Å². The number of rotatable bonds is 5. The average Bonchev–Trinajstić information content (AvgIpc) is 2.36. The van der Waals surface area contributed by atoms with Crippen molar-refractivity contribution < 1.29 is 27.9 Å². The molecule has 0 radical (unpaired) electrons. The molecule has 1 unspecified atom stereocenters. The normalized spacial score (nSPS) is 12.5. The quantitative estimate of drug-likeness (QED) is 0.771. The van der Waals surface area contributed by atoms with Crippen molar-refractivity contribution in [3.63, 3.8) is 0 Å². The number of sulfonamides is 1. The molecule has 0 spiro atoms. The van der Waals surface area contributed by atoms with E-state index in [2.05, 4.69) is 9.46 Å². The molecule has 0 fully saturated rings. The van der Waals surface area contributed by atoms with Gasteiger partial charge in [0.2, 0.25) is 10.0 Å². The second-order valence-corrected chi connectivity index (χ2v) is 5.70. The zero-order valence-electron chi connectivity index (χ0n) is 10.3. The minimum Gasteiger partial charge on any atom is -0.480 e. The first-order chi connectivity index (χ1) is 8.77. The third-order valence-electron chi connectivity index (χ3n) is 2.36. The number of methoxy groups -OCH3 is 1. The molecule has 0 saturated carbocycles. The highest BCUT2D eigenvalue weighted by atomic mass is 32.2. The van der Waals surface area contributed by atoms with Crippen LogP contribution in [0.4, 0.5) is 5.69 Å². The maximum Gasteiger partial charge on any atom is 0.337 e. The van der Waals surface area contributed by atoms with E-state index < -0.39 is 27.2 Å². The lowest BCUT2D eigenvalue weighted by Crippen LogP contribution is -2.32. The molecule has 1 aromatic carbocycles. The van der Waals surface area contributed by atoms with E-state index in [-0.39, 0.29) is 11.3 Å². The number of carbonyl (C=O) groups is 2. The minimum atomic E-state index is -4.06. The molecule has 2 N–H and O–H groups in total. The van der Waals surface area contributed by atoms with Gasteiger partial charge in [-0.25, -0.2) is 13.2 Å². The van der Waals surface area contributed by atoms with Crippen LogP contribution in [0.25, 0.3) is 0 Å². The van der Waals surface area contributed by atoms with Crippen molar-refractivity contribution in [2.75, 3.05) is 11.8 Å². The summed E-state index contributed by atoms with van der Waals surface area (Å²) in [5, 5.41) is 7.08. The lowest BCUT2D eigenvalue weighted by atomic mass is 10.2. The molecule has 0 aliphatic carbocycles. The van der Waals surface area contributed by atoms with Crippen LogP contribution in [-0.4, -0.2) is 37.8 Å². The Morgan fingerprint density at radius 3 is 2.53 bits per heavy atom. The number of aliphatic carboxylic acids is 1. The molecule has 104 valence electrons. The van der Waals surface area contributed by atoms with Crippen LogP contribution in [-0.2, 0) is 19.6 Å². The fraction of sp³-hybridized carbons (Fsp3) is 0.273. The maximum absolute atomic E-state index is 11.7. The second-order valence-electron chi connectivity index (χ2n) is 3.70. The van der Waals surface area contributed by atoms with Crippen LogP contribution in [0.15, 0.2) is 24.3 Å². The zero-order chi connectivity index (χ0) is 14.6. The number of carboxylic acids is 1. The van der Waals surface area contributed by atoms with Crippen LogP contribution in [0.3, 0.4) is 0 Å². The third kappa shape index (κ3) is 3.68. The van der Waals surface area contributed by atoms with Gasteiger partial charge in [-0.1, -0.05) is 6.07 Å². The van der Waals surface area contributed by atoms with E-state index in [1.165, 1.54) is 31.4 Å². The molecule has 0 aliphatic rings. The number of benzene rings is 1. The topological polar surface area (TPSA) is 110 Å². The fourth-order valence-electron chi connectivity index (χ4n) is 1.21. The maximum atomic E-state index is 11.7. The molecule has 0 heterocycles. The van der Waals surface area contributed by atoms with Gasteiger partial charge in [0.1, 0.15) is 0 Å². The van der Waals surface area contributed by atoms with Crippen molar-refractivity contribution in [2.24, 2.45) is 0 Å². The van der Waals surface area contributed by atoms with E-state index in [0.717, 1.165) is 6.92 Å². The van der Waals surface area contributed by atoms with Gasteiger partial charge >= 0.3 is 11.9 Å². The van der Waals surface area contributed by atoms with Gasteiger partial charge in [0.05, 0.1) is 12.7 Å². The summed E-state index contributed by atoms with van der Waals surface area (Å²) in [6.45, 7) is 1.05. The van der Waals surface area contributed by atoms with E-state index in [9.17, 15) is 18.0 Å². The summed E-state index contributed by atoms with van der Waals surface area (Å²) in [7, 11) is -2.86. The smallest absolute Gasteiger partial charge is 0.337 e. The first-order valence-electron chi connectivity index (χ1n) is 5.20. The van der Waals surface area contributed by atoms with Crippen molar-refractivity contribution in [1.29, 1.82) is 0 Å². The second kappa shape index (κ2) is 5.70. The largest absolute Gasteiger partial charge is 0.480 e. The molecule has 19 heavy (non-hydrogen) atoms. The summed E-state index contributed by atoms with van der Waals surface area (Å²) in [6, 6.07) is 5.57. The summed E-state index contributed by atoms with van der Waals surface area (Å²) >= 11 is 0. The van der Waals surface area contributed by atoms with Gasteiger partial charge in [0.25, 0.3) is 0 Å². The van der Waals surface area contributed by atoms with Crippen molar-refractivity contribution in [2.45, 2.75) is 12.2 Å². The van der Waals surface area contributed by atoms with Gasteiger partial charge in [-0.2, -0.15) is 0 Å². The molecule has 0 aromatic heterocycles. The van der Waals surface area contributed by atoms with Gasteiger partial charge in [-0.05, 0) is 25.1 Å². The Hall–Kier alpha value is -2.09. The highest BCUT2D eigenvalue weighted by molar-refractivity contribution is 7.94. The lowest BCUT2D eigenvalue weighted by Gasteiger charge is -2.11. The molecular formula is C11H13NO6S. The molecule has 0 saturated heterocycles. The Balaban J connectivity index is 3.01. The number of hydrogen-bond acceptors (Lipinski definition) is 5. The Morgan fingerprint density at radius 2 is 2.00 bits per heavy atom. The van der Waals surface area contributed by atoms with E-state index in [0.29, 0.717) is 0 Å². The fourth-order valence-corrected chi connectivity index (χ4v) is 2.11. The van der Waals surface area contributed by atoms with Crippen LogP contribution in [0.1, 0.15) is 17.3 Å². The Kier molecular flexibility index (Phi) is 4.49. The van der Waals surface area contributed by atoms with Crippen molar-refractivity contribution in [3.8, 4) is 0 Å². The zero-order valence-corrected chi connectivity index (χ0v) is 11.1. The van der Waals surface area contributed by atoms with Crippen molar-refractivity contribution in [3.05, 3.63) is 29.8 Å². The lowest BCUT2D eigenvalue weighted by molar-refractivity contribution is -0.136. The Bertz CT molecular complexity index is 595. The number of ether oxygens (including phenoxy) is 1. The van der Waals surface area contributed by atoms with Crippen LogP contribution in [0.2, 0.25) is 0 Å². The molecule has 1 rings (SSSR count). The summed E-state index contributed by atoms with van der Waals surface area (Å²) in [6.07, 6.45) is 0. The predicted octanol–water partition coefficient (Wildman–Crippen LogP) is 0.688. The number of esters is 1. The highest BCUT2D eigenvalue weighted by Gasteiger charge is 2.27. The predicted molar refractivity (Wildman–Crippen MR) is 67.4 cm³/mol. The Labute approximate surface area is 110 Å². The summed E-state index contributed by atoms with van der Waals surface area (Å²) < 4.78 is 30.0. The molecule has 1 aromatic rings. The molecule has 0 bridgehead atoms. The number of carbonyl (C=O) groups excluding carboxylic acids is 1. The van der Waals surface area contributed by atoms with Crippen LogP contribution in [0, 0.1) is 0 Å². The third-order valence-corrected chi connectivity index (χ3v) is 4.01. The number of hydrogen-bond donors (Lipinski definition) is 2. The van der Waals surface area contributed by atoms with Crippen LogP contribution < -0.4 is 4.72 Å². The van der Waals surface area contributed by atoms with Crippen molar-refractivity contribution in [1.82, 2.24) is 0 Å². The summed E-state index contributed by atoms with van der Waals surface area (Å²) in [5.41, 5.74) is 0.252. The number of carboxylic acid groups (broad SMARTS) is 1. The van der Waals surface area contributed by atoms with Gasteiger partial charge in [-0.3, -0.25) is 9.52 Å². The van der Waals surface area contributed by atoms with E-state index >= 15 is 0 Å². The molecule has 0 aliphatic heterocycles. The molecule has 8 heteroatoms. The van der Waals surface area contributed by atoms with Crippen LogP contribution in [0.5, 0.6) is 0 Å². The molecular weight excluding hydrogens is 274 g/mol. The molecule has 7 nitrogen and oxygen atoms in total. The minimum absolute atomic E-state index is 0.0935. The average molecular weight is 287 g/mol. The van der Waals surface area contributed by atoms with Gasteiger partial charge < -0.3 is 9.84 Å². The van der Waals surface area contributed by atoms with Gasteiger partial charge in [0, 0.05) is 5.69 Å². The highest BCUT2D eigenvalue weighted by Crippen LogP contribution is 2.15. The van der Waals surface area contributed by atoms with Gasteiger partial charge in [0.15, 0.2) is 5.25 Å². The van der Waals surface area contributed by atoms with E-state index in [4.69, 9.17) is 5.11 Å². The standard InChI is InChI=1S/C11H13NO6S/c1-7(10(13)14)19(16,17)12-9-5-3-4-8(6-9)11(15)18-2/h3-7,12H,1-2H3,(H,13,14). The summed E-state index contributed by atoms with van der Waals surface area (Å²) in [4.78, 5) is 21.9. The van der Waals surface area contributed by atoms with Crippen LogP contribution >= 0.6 is 0 Å². The van der Waals surface area contributed by atoms with E-state index in [1.54, 1.807) is 0 Å². The van der Waals surface area contributed by atoms with Crippen molar-refractivity contribution >= 4 is 27.6 Å². The molecule has 0 amide bonds. The summed E-state index contributed by atoms with van der Waals surface area (Å²) in [5.74, 6) is -2.08. The number of nitrogens with one attached hydrogen (secondary N) is 1. The molecule has 1 atom stereocenters. The Morgan fingerprint density at radius 1 is 1.37 bits per heavy atom. The first kappa shape index (κ1) is 15.0. The number of anilines is 1.